The fourth-order valence-electron chi connectivity index (χ4n) is 9.66. The Morgan fingerprint density at radius 2 is 0.484 bits per heavy atom. The molecule has 5 rings (SSSR count). The van der Waals surface area contributed by atoms with Gasteiger partial charge in [-0.3, -0.25) is 68.5 Å². The zero-order valence-electron chi connectivity index (χ0n) is 56.9. The molecule has 95 heavy (non-hydrogen) atoms. The number of hydrogen-bond acceptors (Lipinski definition) is 18. The largest absolute Gasteiger partial charge is 0.355 e. The normalized spacial score (nSPS) is 11.9. The number of amides is 5. The second-order valence-corrected chi connectivity index (χ2v) is 22.7. The van der Waals surface area contributed by atoms with Crippen LogP contribution in [-0.2, 0) is 0 Å². The molecule has 0 spiro atoms. The minimum absolute atomic E-state index is 0.114. The second-order valence-electron chi connectivity index (χ2n) is 22.7. The van der Waals surface area contributed by atoms with Gasteiger partial charge in [0.25, 0.3) is 29.5 Å². The Balaban J connectivity index is 0.948. The van der Waals surface area contributed by atoms with E-state index in [2.05, 4.69) is 89.4 Å². The summed E-state index contributed by atoms with van der Waals surface area (Å²) in [5, 5.41) is 27.6. The van der Waals surface area contributed by atoms with Crippen molar-refractivity contribution in [3.63, 3.8) is 0 Å². The Bertz CT molecular complexity index is 3140. The molecule has 0 unspecified atom stereocenters. The van der Waals surface area contributed by atoms with E-state index < -0.39 is 0 Å². The number of aliphatic imine (C=N–C) groups is 5. The molecule has 0 aliphatic rings. The van der Waals surface area contributed by atoms with E-state index in [0.29, 0.717) is 106 Å². The standard InChI is InChI=1S/C72H104N18O5/c1-7-28-78-53-58-10-20-64(21-11-58)69(92)83-37-49-89(43-31-75-4)50-38-84-70(93)65-24-14-61(15-25-65)56-81-35-47-88(42-30-74-3)48-36-82-57-62-16-26-67(27-17-62)72(95)86-40-52-90(44-32-76-5)51-39-85-71(94)66-22-12-60(13-23-66)55-80-34-46-87(41-29-73-2)45-33-79-54-59-8-18-63(19-9-59)68(91)77-6/h8-27,53-57,73-76H,7,28-52H2,1-6H3,(H,77,91)(H,83,92)(H,84,93)(H,85,94)(H,86,95). The van der Waals surface area contributed by atoms with Crippen molar-refractivity contribution in [1.82, 2.24) is 67.5 Å². The maximum absolute atomic E-state index is 13.2. The highest BCUT2D eigenvalue weighted by molar-refractivity contribution is 5.97. The first-order valence-corrected chi connectivity index (χ1v) is 33.3. The molecule has 0 aliphatic carbocycles. The summed E-state index contributed by atoms with van der Waals surface area (Å²) in [6.07, 6.45) is 10.2. The van der Waals surface area contributed by atoms with Crippen molar-refractivity contribution in [3.8, 4) is 0 Å². The molecule has 23 nitrogen and oxygen atoms in total. The van der Waals surface area contributed by atoms with Crippen molar-refractivity contribution < 1.29 is 24.0 Å². The summed E-state index contributed by atoms with van der Waals surface area (Å²) >= 11 is 0. The molecule has 0 radical (unpaired) electrons. The molecule has 5 amide bonds. The number of nitrogens with zero attached hydrogens (tertiary/aromatic N) is 9. The average Bonchev–Trinajstić information content (AvgIpc) is 1.83. The first kappa shape index (κ1) is 77.2. The van der Waals surface area contributed by atoms with Gasteiger partial charge in [0.1, 0.15) is 0 Å². The van der Waals surface area contributed by atoms with Crippen molar-refractivity contribution in [2.75, 3.05) is 199 Å². The monoisotopic (exact) mass is 1300 g/mol. The van der Waals surface area contributed by atoms with Crippen LogP contribution in [0.5, 0.6) is 0 Å². The van der Waals surface area contributed by atoms with Crippen LogP contribution < -0.4 is 47.9 Å². The number of carbonyl (C=O) groups is 5. The van der Waals surface area contributed by atoms with Gasteiger partial charge in [0.15, 0.2) is 0 Å². The summed E-state index contributed by atoms with van der Waals surface area (Å²) in [5.74, 6) is -0.681. The molecule has 512 valence electrons. The van der Waals surface area contributed by atoms with Crippen LogP contribution in [-0.4, -0.2) is 279 Å². The highest BCUT2D eigenvalue weighted by Crippen LogP contribution is 2.09. The SMILES string of the molecule is CCCN=Cc1ccc(C(=O)NCCN(CCNC)CCNC(=O)c2ccc(C=NCCN(CCN=Cc3ccc(C(=O)NCCN(CCNC)CCNC(=O)c4ccc(C=NCCN(CCN=Cc5ccc(C(=O)NC)cc5)CCNC)cc4)cc3)CCNC)cc2)cc1. The van der Waals surface area contributed by atoms with Crippen molar-refractivity contribution in [2.24, 2.45) is 25.0 Å². The third-order valence-electron chi connectivity index (χ3n) is 15.4. The maximum atomic E-state index is 13.2. The van der Waals surface area contributed by atoms with E-state index >= 15 is 0 Å². The van der Waals surface area contributed by atoms with Gasteiger partial charge in [-0.2, -0.15) is 0 Å². The molecule has 0 fully saturated rings. The van der Waals surface area contributed by atoms with Gasteiger partial charge in [0.2, 0.25) is 0 Å². The molecule has 0 saturated carbocycles. The summed E-state index contributed by atoms with van der Waals surface area (Å²) in [4.78, 5) is 96.1. The predicted octanol–water partition coefficient (Wildman–Crippen LogP) is 3.36. The van der Waals surface area contributed by atoms with Crippen LogP contribution in [0.4, 0.5) is 0 Å². The summed E-state index contributed by atoms with van der Waals surface area (Å²) < 4.78 is 0. The quantitative estimate of drug-likeness (QED) is 0.0254. The first-order valence-electron chi connectivity index (χ1n) is 33.3. The van der Waals surface area contributed by atoms with E-state index in [4.69, 9.17) is 9.98 Å². The number of nitrogens with one attached hydrogen (secondary N) is 9. The Labute approximate surface area is 563 Å². The lowest BCUT2D eigenvalue weighted by Gasteiger charge is -2.22. The minimum atomic E-state index is -0.153. The Kier molecular flexibility index (Phi) is 38.5. The maximum Gasteiger partial charge on any atom is 0.251 e. The number of benzene rings is 5. The molecular formula is C72H104N18O5. The van der Waals surface area contributed by atoms with Crippen LogP contribution in [0, 0.1) is 0 Å². The lowest BCUT2D eigenvalue weighted by Crippen LogP contribution is -2.42. The summed E-state index contributed by atoms with van der Waals surface area (Å²) in [6, 6.07) is 37.1. The molecule has 5 aromatic rings. The lowest BCUT2D eigenvalue weighted by atomic mass is 10.1. The third-order valence-corrected chi connectivity index (χ3v) is 15.4. The highest BCUT2D eigenvalue weighted by Gasteiger charge is 2.14. The van der Waals surface area contributed by atoms with Gasteiger partial charge in [-0.25, -0.2) is 0 Å². The van der Waals surface area contributed by atoms with Gasteiger partial charge in [-0.05, 0) is 123 Å². The van der Waals surface area contributed by atoms with E-state index in [9.17, 15) is 24.0 Å². The zero-order valence-corrected chi connectivity index (χ0v) is 56.9. The molecule has 0 heterocycles. The van der Waals surface area contributed by atoms with Crippen LogP contribution in [0.3, 0.4) is 0 Å². The number of carbonyl (C=O) groups excluding carboxylic acids is 5. The zero-order chi connectivity index (χ0) is 67.9. The number of hydrogen-bond donors (Lipinski definition) is 9. The van der Waals surface area contributed by atoms with Gasteiger partial charge < -0.3 is 47.9 Å². The van der Waals surface area contributed by atoms with Gasteiger partial charge >= 0.3 is 0 Å². The highest BCUT2D eigenvalue weighted by atomic mass is 16.2. The lowest BCUT2D eigenvalue weighted by molar-refractivity contribution is 0.0932. The molecular weight excluding hydrogens is 1200 g/mol. The fourth-order valence-corrected chi connectivity index (χ4v) is 9.66. The van der Waals surface area contributed by atoms with E-state index in [1.54, 1.807) is 19.2 Å². The van der Waals surface area contributed by atoms with Gasteiger partial charge in [0.05, 0.1) is 26.2 Å². The summed E-state index contributed by atoms with van der Waals surface area (Å²) in [6.45, 7) is 19.3. The van der Waals surface area contributed by atoms with Crippen molar-refractivity contribution >= 4 is 60.6 Å². The molecule has 0 atom stereocenters. The fraction of sp³-hybridized carbons (Fsp3) is 0.444. The molecule has 0 bridgehead atoms. The van der Waals surface area contributed by atoms with Crippen LogP contribution in [0.1, 0.15) is 93.0 Å². The van der Waals surface area contributed by atoms with Crippen LogP contribution >= 0.6 is 0 Å². The molecule has 9 N–H and O–H groups in total. The predicted molar refractivity (Wildman–Crippen MR) is 389 cm³/mol. The van der Waals surface area contributed by atoms with Crippen LogP contribution in [0.15, 0.2) is 146 Å². The molecule has 0 saturated heterocycles. The smallest absolute Gasteiger partial charge is 0.251 e. The van der Waals surface area contributed by atoms with E-state index in [1.807, 2.05) is 168 Å². The van der Waals surface area contributed by atoms with Gasteiger partial charge in [-0.1, -0.05) is 67.6 Å². The Hall–Kier alpha value is -8.52. The second kappa shape index (κ2) is 47.4. The van der Waals surface area contributed by atoms with E-state index in [-0.39, 0.29) is 29.5 Å². The van der Waals surface area contributed by atoms with E-state index in [1.165, 1.54) is 0 Å². The summed E-state index contributed by atoms with van der Waals surface area (Å²) in [7, 11) is 9.31. The topological polar surface area (TPSA) is 268 Å². The summed E-state index contributed by atoms with van der Waals surface area (Å²) in [5.41, 5.74) is 7.58. The van der Waals surface area contributed by atoms with Crippen molar-refractivity contribution in [3.05, 3.63) is 177 Å². The molecule has 0 aliphatic heterocycles. The first-order chi connectivity index (χ1) is 46.4. The molecule has 0 aromatic heterocycles. The van der Waals surface area contributed by atoms with Crippen molar-refractivity contribution in [1.29, 1.82) is 0 Å². The van der Waals surface area contributed by atoms with Crippen LogP contribution in [0.2, 0.25) is 0 Å². The minimum Gasteiger partial charge on any atom is -0.355 e. The van der Waals surface area contributed by atoms with E-state index in [0.717, 1.165) is 119 Å². The van der Waals surface area contributed by atoms with Crippen LogP contribution in [0.25, 0.3) is 0 Å². The average molecular weight is 1300 g/mol. The Morgan fingerprint density at radius 1 is 0.284 bits per heavy atom. The van der Waals surface area contributed by atoms with Gasteiger partial charge in [0, 0.05) is 203 Å². The Morgan fingerprint density at radius 3 is 0.695 bits per heavy atom. The number of likely N-dealkylation sites (N-methyl/N-ethyl adjacent to an activating group) is 4. The van der Waals surface area contributed by atoms with Gasteiger partial charge in [-0.15, -0.1) is 0 Å². The molecule has 23 heteroatoms. The number of rotatable bonds is 48. The third kappa shape index (κ3) is 32.0. The van der Waals surface area contributed by atoms with Crippen molar-refractivity contribution in [2.45, 2.75) is 13.3 Å². The molecule has 5 aromatic carbocycles.